The molecule has 0 spiro atoms. The number of aromatic nitrogens is 3. The molecule has 0 atom stereocenters. The van der Waals surface area contributed by atoms with Crippen molar-refractivity contribution in [3.63, 3.8) is 0 Å². The Labute approximate surface area is 199 Å². The molecule has 3 aromatic rings. The summed E-state index contributed by atoms with van der Waals surface area (Å²) in [6.07, 6.45) is 6.00. The predicted molar refractivity (Wildman–Crippen MR) is 142 cm³/mol. The number of rotatable bonds is 7. The highest BCUT2D eigenvalue weighted by Crippen LogP contribution is 2.26. The molecule has 3 heterocycles. The minimum Gasteiger partial charge on any atom is -0.354 e. The van der Waals surface area contributed by atoms with Crippen LogP contribution in [0.1, 0.15) is 35.7 Å². The molecule has 8 nitrogen and oxygen atoms in total. The monoisotopic (exact) mass is 464 g/mol. The zero-order valence-corrected chi connectivity index (χ0v) is 20.5. The van der Waals surface area contributed by atoms with Gasteiger partial charge in [0.1, 0.15) is 17.5 Å². The average molecular weight is 465 g/mol. The molecule has 174 valence electrons. The maximum absolute atomic E-state index is 4.60. The number of thiazole rings is 1. The molecule has 0 unspecified atom stereocenters. The van der Waals surface area contributed by atoms with Gasteiger partial charge < -0.3 is 15.5 Å². The van der Waals surface area contributed by atoms with E-state index in [-0.39, 0.29) is 0 Å². The fourth-order valence-corrected chi connectivity index (χ4v) is 4.11. The van der Waals surface area contributed by atoms with Gasteiger partial charge >= 0.3 is 0 Å². The molecule has 1 aromatic carbocycles. The summed E-state index contributed by atoms with van der Waals surface area (Å²) in [5.41, 5.74) is 6.07. The lowest BCUT2D eigenvalue weighted by atomic mass is 10.1. The maximum Gasteiger partial charge on any atom is 0.188 e. The Hall–Kier alpha value is -3.30. The molecule has 0 bridgehead atoms. The second-order valence-electron chi connectivity index (χ2n) is 7.27. The molecule has 4 rings (SSSR count). The van der Waals surface area contributed by atoms with Gasteiger partial charge in [-0.3, -0.25) is 5.43 Å². The van der Waals surface area contributed by atoms with Crippen LogP contribution in [0.4, 0.5) is 22.5 Å². The van der Waals surface area contributed by atoms with Crippen LogP contribution < -0.4 is 21.0 Å². The Bertz CT molecular complexity index is 1090. The van der Waals surface area contributed by atoms with Crippen molar-refractivity contribution in [3.05, 3.63) is 52.3 Å². The summed E-state index contributed by atoms with van der Waals surface area (Å²) in [4.78, 5) is 17.0. The van der Waals surface area contributed by atoms with Gasteiger partial charge in [0, 0.05) is 50.0 Å². The van der Waals surface area contributed by atoms with Crippen molar-refractivity contribution in [3.8, 4) is 0 Å². The number of hydrazone groups is 1. The fraction of sp³-hybridized carbons (Fsp3) is 0.333. The first kappa shape index (κ1) is 24.3. The first-order chi connectivity index (χ1) is 16.1. The van der Waals surface area contributed by atoms with Gasteiger partial charge in [-0.1, -0.05) is 37.3 Å². The SMILES string of the molecule is C=NNc1ccc(/C=C/c2cnc(Nc3cc(N4CCNCC4)nc(C)n3)s2)cc1C.CC. The topological polar surface area (TPSA) is 90.4 Å². The van der Waals surface area contributed by atoms with Gasteiger partial charge in [0.2, 0.25) is 0 Å². The van der Waals surface area contributed by atoms with Crippen molar-refractivity contribution in [1.29, 1.82) is 0 Å². The third kappa shape index (κ3) is 6.84. The maximum atomic E-state index is 4.60. The summed E-state index contributed by atoms with van der Waals surface area (Å²) in [7, 11) is 0. The van der Waals surface area contributed by atoms with Gasteiger partial charge in [-0.25, -0.2) is 15.0 Å². The van der Waals surface area contributed by atoms with Crippen LogP contribution in [-0.4, -0.2) is 47.8 Å². The number of hydrogen-bond donors (Lipinski definition) is 3. The molecule has 0 amide bonds. The van der Waals surface area contributed by atoms with Crippen LogP contribution in [-0.2, 0) is 0 Å². The number of aryl methyl sites for hydroxylation is 2. The van der Waals surface area contributed by atoms with E-state index >= 15 is 0 Å². The van der Waals surface area contributed by atoms with Crippen LogP contribution >= 0.6 is 11.3 Å². The van der Waals surface area contributed by atoms with E-state index in [1.165, 1.54) is 0 Å². The Morgan fingerprint density at radius 2 is 1.91 bits per heavy atom. The van der Waals surface area contributed by atoms with Crippen LogP contribution in [0.3, 0.4) is 0 Å². The second kappa shape index (κ2) is 12.1. The molecule has 1 fully saturated rings. The van der Waals surface area contributed by atoms with E-state index in [4.69, 9.17) is 0 Å². The van der Waals surface area contributed by atoms with Crippen LogP contribution in [0.5, 0.6) is 0 Å². The number of anilines is 4. The van der Waals surface area contributed by atoms with Gasteiger partial charge in [-0.05, 0) is 43.2 Å². The van der Waals surface area contributed by atoms with Crippen LogP contribution in [0.25, 0.3) is 12.2 Å². The van der Waals surface area contributed by atoms with Crippen molar-refractivity contribution in [1.82, 2.24) is 20.3 Å². The van der Waals surface area contributed by atoms with Crippen molar-refractivity contribution in [2.45, 2.75) is 27.7 Å². The Balaban J connectivity index is 0.00000149. The average Bonchev–Trinajstić information content (AvgIpc) is 3.28. The lowest BCUT2D eigenvalue weighted by molar-refractivity contribution is 0.584. The van der Waals surface area contributed by atoms with Crippen molar-refractivity contribution >= 4 is 52.7 Å². The van der Waals surface area contributed by atoms with Gasteiger partial charge in [0.25, 0.3) is 0 Å². The second-order valence-corrected chi connectivity index (χ2v) is 8.33. The fourth-order valence-electron chi connectivity index (χ4n) is 3.38. The summed E-state index contributed by atoms with van der Waals surface area (Å²) >= 11 is 1.58. The van der Waals surface area contributed by atoms with Gasteiger partial charge in [-0.2, -0.15) is 5.10 Å². The van der Waals surface area contributed by atoms with Crippen LogP contribution in [0.15, 0.2) is 35.6 Å². The first-order valence-electron chi connectivity index (χ1n) is 11.2. The van der Waals surface area contributed by atoms with E-state index in [1.807, 2.05) is 52.1 Å². The Morgan fingerprint density at radius 3 is 2.64 bits per heavy atom. The zero-order chi connectivity index (χ0) is 23.6. The molecule has 0 aliphatic carbocycles. The summed E-state index contributed by atoms with van der Waals surface area (Å²) < 4.78 is 0. The van der Waals surface area contributed by atoms with Gasteiger partial charge in [0.05, 0.1) is 5.69 Å². The summed E-state index contributed by atoms with van der Waals surface area (Å²) in [6.45, 7) is 15.3. The Morgan fingerprint density at radius 1 is 1.12 bits per heavy atom. The van der Waals surface area contributed by atoms with Crippen LogP contribution in [0.2, 0.25) is 0 Å². The number of nitrogens with zero attached hydrogens (tertiary/aromatic N) is 5. The molecule has 9 heteroatoms. The molecular weight excluding hydrogens is 432 g/mol. The zero-order valence-electron chi connectivity index (χ0n) is 19.7. The normalized spacial score (nSPS) is 13.4. The van der Waals surface area contributed by atoms with E-state index < -0.39 is 0 Å². The van der Waals surface area contributed by atoms with E-state index in [2.05, 4.69) is 65.9 Å². The van der Waals surface area contributed by atoms with E-state index in [9.17, 15) is 0 Å². The number of nitrogens with one attached hydrogen (secondary N) is 3. The number of benzene rings is 1. The highest BCUT2D eigenvalue weighted by molar-refractivity contribution is 7.16. The van der Waals surface area contributed by atoms with Crippen molar-refractivity contribution in [2.75, 3.05) is 41.8 Å². The number of hydrogen-bond acceptors (Lipinski definition) is 9. The summed E-state index contributed by atoms with van der Waals surface area (Å²) in [5.74, 6) is 2.46. The third-order valence-electron chi connectivity index (χ3n) is 4.91. The van der Waals surface area contributed by atoms with Crippen molar-refractivity contribution in [2.24, 2.45) is 5.10 Å². The molecule has 1 aliphatic heterocycles. The highest BCUT2D eigenvalue weighted by Gasteiger charge is 2.14. The predicted octanol–water partition coefficient (Wildman–Crippen LogP) is 4.93. The number of piperazine rings is 1. The van der Waals surface area contributed by atoms with E-state index in [0.717, 1.165) is 70.5 Å². The first-order valence-corrected chi connectivity index (χ1v) is 12.0. The molecule has 2 aromatic heterocycles. The van der Waals surface area contributed by atoms with Crippen molar-refractivity contribution < 1.29 is 0 Å². The quantitative estimate of drug-likeness (QED) is 0.337. The lowest BCUT2D eigenvalue weighted by Crippen LogP contribution is -2.44. The van der Waals surface area contributed by atoms with Gasteiger partial charge in [0.15, 0.2) is 5.13 Å². The molecule has 1 saturated heterocycles. The molecular formula is C24H32N8S. The summed E-state index contributed by atoms with van der Waals surface area (Å²) in [6, 6.07) is 8.13. The third-order valence-corrected chi connectivity index (χ3v) is 5.79. The largest absolute Gasteiger partial charge is 0.354 e. The highest BCUT2D eigenvalue weighted by atomic mass is 32.1. The van der Waals surface area contributed by atoms with Crippen LogP contribution in [0, 0.1) is 13.8 Å². The smallest absolute Gasteiger partial charge is 0.188 e. The molecule has 0 radical (unpaired) electrons. The molecule has 1 aliphatic rings. The summed E-state index contributed by atoms with van der Waals surface area (Å²) in [5, 5.41) is 11.2. The Kier molecular flexibility index (Phi) is 8.91. The molecule has 0 saturated carbocycles. The van der Waals surface area contributed by atoms with E-state index in [0.29, 0.717) is 0 Å². The molecule has 3 N–H and O–H groups in total. The van der Waals surface area contributed by atoms with Gasteiger partial charge in [-0.15, -0.1) is 0 Å². The van der Waals surface area contributed by atoms with E-state index in [1.54, 1.807) is 11.3 Å². The lowest BCUT2D eigenvalue weighted by Gasteiger charge is -2.28. The minimum atomic E-state index is 0.746. The minimum absolute atomic E-state index is 0.746. The standard InChI is InChI=1S/C22H26N8S.C2H6/c1-15-12-17(5-7-19(15)29-23-3)4-6-18-14-25-22(31-18)28-20-13-21(27-16(2)26-20)30-10-8-24-9-11-30;1-2/h4-7,12-14,24,29H,3,8-11H2,1-2H3,(H,25,26,27,28);1-2H3/b6-4+;. The molecule has 33 heavy (non-hydrogen) atoms.